The maximum Gasteiger partial charge on any atom is 0.321 e. The molecule has 22 heavy (non-hydrogen) atoms. The topological polar surface area (TPSA) is 137 Å². The lowest BCUT2D eigenvalue weighted by Gasteiger charge is -2.16. The van der Waals surface area contributed by atoms with Crippen molar-refractivity contribution in [1.29, 1.82) is 5.26 Å². The van der Waals surface area contributed by atoms with Gasteiger partial charge in [0.25, 0.3) is 0 Å². The Hall–Kier alpha value is -3.51. The molecule has 0 radical (unpaired) electrons. The highest BCUT2D eigenvalue weighted by Crippen LogP contribution is 2.18. The molecule has 9 heteroatoms. The van der Waals surface area contributed by atoms with Crippen LogP contribution < -0.4 is 5.32 Å². The van der Waals surface area contributed by atoms with E-state index in [0.717, 1.165) is 12.2 Å². The van der Waals surface area contributed by atoms with Crippen LogP contribution in [0.5, 0.6) is 0 Å². The van der Waals surface area contributed by atoms with Crippen LogP contribution in [0.1, 0.15) is 0 Å². The molecule has 0 bridgehead atoms. The fraction of sp³-hybridized carbons (Fsp3) is 0. The Kier molecular flexibility index (Phi) is 3.97. The lowest BCUT2D eigenvalue weighted by molar-refractivity contribution is -0.418. The number of nitro groups is 1. The first-order chi connectivity index (χ1) is 10.4. The number of nitrogens with one attached hydrogen (secondary N) is 1. The van der Waals surface area contributed by atoms with Gasteiger partial charge in [-0.3, -0.25) is 24.9 Å². The van der Waals surface area contributed by atoms with Gasteiger partial charge >= 0.3 is 11.5 Å². The third-order valence-electron chi connectivity index (χ3n) is 2.70. The Morgan fingerprint density at radius 2 is 2.18 bits per heavy atom. The first-order valence-electron chi connectivity index (χ1n) is 5.83. The molecule has 0 aromatic rings. The van der Waals surface area contributed by atoms with Crippen molar-refractivity contribution in [1.82, 2.24) is 10.4 Å². The maximum atomic E-state index is 11.4. The van der Waals surface area contributed by atoms with E-state index in [-0.39, 0.29) is 16.8 Å². The summed E-state index contributed by atoms with van der Waals surface area (Å²) in [6, 6.07) is 1.83. The molecule has 9 nitrogen and oxygen atoms in total. The first-order valence-corrected chi connectivity index (χ1v) is 5.83. The Bertz CT molecular complexity index is 764. The van der Waals surface area contributed by atoms with Gasteiger partial charge in [0.1, 0.15) is 6.07 Å². The standard InChI is InChI=1S/C13H8N4O5/c14-6-9(10-7-16(20)2-1-15-10)3-8-4-11(17(21)22)13(19)12(18)5-8/h1-5,7,15,20H/b9-3+. The molecular formula is C13H8N4O5. The van der Waals surface area contributed by atoms with Crippen LogP contribution in [0.15, 0.2) is 59.4 Å². The summed E-state index contributed by atoms with van der Waals surface area (Å²) in [7, 11) is 0. The van der Waals surface area contributed by atoms with E-state index < -0.39 is 22.2 Å². The van der Waals surface area contributed by atoms with E-state index in [1.165, 1.54) is 24.7 Å². The van der Waals surface area contributed by atoms with E-state index in [0.29, 0.717) is 5.06 Å². The van der Waals surface area contributed by atoms with Crippen LogP contribution in [-0.4, -0.2) is 26.8 Å². The molecule has 0 aromatic carbocycles. The van der Waals surface area contributed by atoms with E-state index in [2.05, 4.69) is 5.32 Å². The largest absolute Gasteiger partial charge is 0.358 e. The molecule has 0 amide bonds. The van der Waals surface area contributed by atoms with E-state index in [1.54, 1.807) is 0 Å². The molecule has 2 rings (SSSR count). The van der Waals surface area contributed by atoms with Crippen LogP contribution >= 0.6 is 0 Å². The van der Waals surface area contributed by atoms with Gasteiger partial charge < -0.3 is 5.32 Å². The van der Waals surface area contributed by atoms with Gasteiger partial charge in [-0.15, -0.1) is 0 Å². The molecule has 0 spiro atoms. The Morgan fingerprint density at radius 1 is 1.45 bits per heavy atom. The number of ketones is 2. The second kappa shape index (κ2) is 5.86. The summed E-state index contributed by atoms with van der Waals surface area (Å²) in [6.45, 7) is 0. The molecule has 2 N–H and O–H groups in total. The highest BCUT2D eigenvalue weighted by atomic mass is 16.6. The normalized spacial score (nSPS) is 18.1. The van der Waals surface area contributed by atoms with Crippen LogP contribution in [0.4, 0.5) is 0 Å². The van der Waals surface area contributed by atoms with E-state index in [4.69, 9.17) is 5.26 Å². The Balaban J connectivity index is 2.40. The highest BCUT2D eigenvalue weighted by molar-refractivity contribution is 6.47. The SMILES string of the molecule is N#C/C(=C\C1=CC(=O)C(=O)C([N+](=O)[O-])=C1)C1=CN(O)C=CN1. The quantitative estimate of drug-likeness (QED) is 0.249. The van der Waals surface area contributed by atoms with Crippen molar-refractivity contribution in [3.63, 3.8) is 0 Å². The van der Waals surface area contributed by atoms with Gasteiger partial charge in [-0.2, -0.15) is 5.26 Å². The molecule has 0 fully saturated rings. The molecule has 0 atom stereocenters. The number of hydroxylamine groups is 2. The number of hydrogen-bond acceptors (Lipinski definition) is 8. The van der Waals surface area contributed by atoms with Gasteiger partial charge in [0.05, 0.1) is 22.4 Å². The third-order valence-corrected chi connectivity index (χ3v) is 2.70. The number of nitrogens with zero attached hydrogens (tertiary/aromatic N) is 3. The number of allylic oxidation sites excluding steroid dienone is 6. The monoisotopic (exact) mass is 300 g/mol. The van der Waals surface area contributed by atoms with Crippen molar-refractivity contribution in [2.75, 3.05) is 0 Å². The number of nitriles is 1. The predicted molar refractivity (Wildman–Crippen MR) is 70.9 cm³/mol. The fourth-order valence-corrected chi connectivity index (χ4v) is 1.73. The lowest BCUT2D eigenvalue weighted by atomic mass is 9.99. The molecule has 1 aliphatic heterocycles. The number of Topliss-reactive ketones (excluding diaryl/α,β-unsaturated/α-hetero) is 1. The van der Waals surface area contributed by atoms with Crippen LogP contribution in [0.25, 0.3) is 0 Å². The van der Waals surface area contributed by atoms with Gasteiger partial charge in [-0.25, -0.2) is 5.06 Å². The molecular weight excluding hydrogens is 292 g/mol. The van der Waals surface area contributed by atoms with Crippen molar-refractivity contribution in [2.45, 2.75) is 0 Å². The van der Waals surface area contributed by atoms with Crippen LogP contribution in [0, 0.1) is 21.4 Å². The third kappa shape index (κ3) is 2.97. The van der Waals surface area contributed by atoms with Crippen LogP contribution in [0.3, 0.4) is 0 Å². The highest BCUT2D eigenvalue weighted by Gasteiger charge is 2.31. The van der Waals surface area contributed by atoms with E-state index in [1.807, 2.05) is 6.07 Å². The number of rotatable bonds is 3. The van der Waals surface area contributed by atoms with E-state index in [9.17, 15) is 24.9 Å². The maximum absolute atomic E-state index is 11.4. The second-order valence-electron chi connectivity index (χ2n) is 4.18. The minimum atomic E-state index is -1.21. The first kappa shape index (κ1) is 14.9. The molecule has 110 valence electrons. The minimum Gasteiger partial charge on any atom is -0.358 e. The molecule has 0 aromatic heterocycles. The van der Waals surface area contributed by atoms with Gasteiger partial charge in [0, 0.05) is 18.5 Å². The lowest BCUT2D eigenvalue weighted by Crippen LogP contribution is -2.23. The van der Waals surface area contributed by atoms with Gasteiger partial charge in [0.2, 0.25) is 5.78 Å². The Labute approximate surface area is 123 Å². The predicted octanol–water partition coefficient (Wildman–Crippen LogP) is 0.282. The van der Waals surface area contributed by atoms with Crippen molar-refractivity contribution in [3.05, 3.63) is 69.5 Å². The molecule has 0 unspecified atom stereocenters. The van der Waals surface area contributed by atoms with Crippen molar-refractivity contribution in [3.8, 4) is 6.07 Å². The number of hydrogen-bond donors (Lipinski definition) is 2. The zero-order valence-electron chi connectivity index (χ0n) is 10.9. The van der Waals surface area contributed by atoms with Gasteiger partial charge in [-0.1, -0.05) is 0 Å². The smallest absolute Gasteiger partial charge is 0.321 e. The summed E-state index contributed by atoms with van der Waals surface area (Å²) in [5, 5.41) is 32.6. The van der Waals surface area contributed by atoms with Crippen LogP contribution in [-0.2, 0) is 9.59 Å². The van der Waals surface area contributed by atoms with E-state index >= 15 is 0 Å². The number of carbonyl (C=O) groups excluding carboxylic acids is 2. The zero-order valence-corrected chi connectivity index (χ0v) is 10.9. The summed E-state index contributed by atoms with van der Waals surface area (Å²) in [6.07, 6.45) is 6.86. The average molecular weight is 300 g/mol. The summed E-state index contributed by atoms with van der Waals surface area (Å²) in [5.74, 6) is -2.24. The second-order valence-corrected chi connectivity index (χ2v) is 4.18. The molecule has 1 aliphatic carbocycles. The zero-order chi connectivity index (χ0) is 16.3. The molecule has 1 heterocycles. The van der Waals surface area contributed by atoms with Gasteiger partial charge in [0.15, 0.2) is 0 Å². The summed E-state index contributed by atoms with van der Waals surface area (Å²) >= 11 is 0. The summed E-state index contributed by atoms with van der Waals surface area (Å²) in [4.78, 5) is 32.6. The van der Waals surface area contributed by atoms with Gasteiger partial charge in [-0.05, 0) is 17.7 Å². The number of carbonyl (C=O) groups is 2. The fourth-order valence-electron chi connectivity index (χ4n) is 1.73. The Morgan fingerprint density at radius 3 is 2.77 bits per heavy atom. The molecule has 2 aliphatic rings. The summed E-state index contributed by atoms with van der Waals surface area (Å²) in [5.41, 5.74) is -0.593. The molecule has 0 saturated carbocycles. The minimum absolute atomic E-state index is 0.00995. The van der Waals surface area contributed by atoms with Crippen LogP contribution in [0.2, 0.25) is 0 Å². The van der Waals surface area contributed by atoms with Crippen molar-refractivity contribution in [2.24, 2.45) is 0 Å². The molecule has 0 saturated heterocycles. The average Bonchev–Trinajstić information content (AvgIpc) is 2.47. The van der Waals surface area contributed by atoms with Crippen molar-refractivity contribution >= 4 is 11.6 Å². The van der Waals surface area contributed by atoms with Crippen molar-refractivity contribution < 1.29 is 19.7 Å². The summed E-state index contributed by atoms with van der Waals surface area (Å²) < 4.78 is 0.